The van der Waals surface area contributed by atoms with Crippen molar-refractivity contribution < 1.29 is 18.3 Å². The summed E-state index contributed by atoms with van der Waals surface area (Å²) in [5.41, 5.74) is 1.77. The maximum Gasteiger partial charge on any atom is 0.387 e. The molecular formula is C15H18F2N2O2. The van der Waals surface area contributed by atoms with Gasteiger partial charge in [-0.25, -0.2) is 0 Å². The van der Waals surface area contributed by atoms with E-state index in [1.807, 2.05) is 0 Å². The summed E-state index contributed by atoms with van der Waals surface area (Å²) >= 11 is 0. The van der Waals surface area contributed by atoms with E-state index >= 15 is 0 Å². The first-order valence-electron chi connectivity index (χ1n) is 6.87. The smallest absolute Gasteiger partial charge is 0.387 e. The number of hydrogen-bond acceptors (Lipinski definition) is 3. The lowest BCUT2D eigenvalue weighted by Gasteiger charge is -2.14. The average molecular weight is 296 g/mol. The Hall–Kier alpha value is -1.95. The van der Waals surface area contributed by atoms with Gasteiger partial charge in [-0.05, 0) is 43.7 Å². The van der Waals surface area contributed by atoms with Gasteiger partial charge in [0.15, 0.2) is 0 Å². The fourth-order valence-electron chi connectivity index (χ4n) is 2.12. The van der Waals surface area contributed by atoms with Crippen molar-refractivity contribution in [3.05, 3.63) is 41.5 Å². The van der Waals surface area contributed by atoms with Gasteiger partial charge in [-0.15, -0.1) is 0 Å². The molecule has 2 N–H and O–H groups in total. The molecule has 0 aliphatic carbocycles. The first kappa shape index (κ1) is 15.4. The van der Waals surface area contributed by atoms with E-state index in [-0.39, 0.29) is 11.7 Å². The van der Waals surface area contributed by atoms with Crippen LogP contribution in [0, 0.1) is 0 Å². The lowest BCUT2D eigenvalue weighted by atomic mass is 10.1. The summed E-state index contributed by atoms with van der Waals surface area (Å²) in [7, 11) is 0. The van der Waals surface area contributed by atoms with Crippen LogP contribution in [0.4, 0.5) is 8.78 Å². The van der Waals surface area contributed by atoms with Crippen LogP contribution in [0.1, 0.15) is 23.2 Å². The van der Waals surface area contributed by atoms with E-state index in [1.54, 1.807) is 0 Å². The Morgan fingerprint density at radius 2 is 2.10 bits per heavy atom. The quantitative estimate of drug-likeness (QED) is 0.792. The summed E-state index contributed by atoms with van der Waals surface area (Å²) < 4.78 is 28.3. The Kier molecular flexibility index (Phi) is 5.68. The molecule has 0 aromatic heterocycles. The lowest BCUT2D eigenvalue weighted by molar-refractivity contribution is -0.0498. The van der Waals surface area contributed by atoms with Crippen molar-refractivity contribution in [3.8, 4) is 5.75 Å². The van der Waals surface area contributed by atoms with Crippen molar-refractivity contribution >= 4 is 5.91 Å². The molecule has 1 heterocycles. The maximum atomic E-state index is 12.0. The minimum atomic E-state index is -2.86. The Bertz CT molecular complexity index is 501. The van der Waals surface area contributed by atoms with Gasteiger partial charge in [-0.1, -0.05) is 11.6 Å². The van der Waals surface area contributed by atoms with Gasteiger partial charge in [0.05, 0.1) is 0 Å². The van der Waals surface area contributed by atoms with Gasteiger partial charge in [0.25, 0.3) is 5.91 Å². The van der Waals surface area contributed by atoms with Crippen LogP contribution in [0.15, 0.2) is 35.9 Å². The molecular weight excluding hydrogens is 278 g/mol. The van der Waals surface area contributed by atoms with E-state index in [0.717, 1.165) is 25.9 Å². The molecule has 1 aliphatic heterocycles. The van der Waals surface area contributed by atoms with Crippen LogP contribution in [0.25, 0.3) is 0 Å². The van der Waals surface area contributed by atoms with Crippen LogP contribution < -0.4 is 15.4 Å². The van der Waals surface area contributed by atoms with Crippen molar-refractivity contribution in [2.45, 2.75) is 19.5 Å². The van der Waals surface area contributed by atoms with Crippen molar-refractivity contribution in [3.63, 3.8) is 0 Å². The van der Waals surface area contributed by atoms with Crippen LogP contribution in [0.3, 0.4) is 0 Å². The summed E-state index contributed by atoms with van der Waals surface area (Å²) in [6.45, 7) is -0.428. The van der Waals surface area contributed by atoms with Gasteiger partial charge in [0, 0.05) is 18.7 Å². The highest BCUT2D eigenvalue weighted by Crippen LogP contribution is 2.15. The van der Waals surface area contributed by atoms with Gasteiger partial charge in [0.2, 0.25) is 0 Å². The fourth-order valence-corrected chi connectivity index (χ4v) is 2.12. The summed E-state index contributed by atoms with van der Waals surface area (Å²) in [6.07, 6.45) is 3.99. The molecule has 0 fully saturated rings. The number of carbonyl (C=O) groups excluding carboxylic acids is 1. The Balaban J connectivity index is 1.78. The molecule has 0 spiro atoms. The molecule has 1 amide bonds. The van der Waals surface area contributed by atoms with Crippen LogP contribution >= 0.6 is 0 Å². The lowest BCUT2D eigenvalue weighted by Crippen LogP contribution is -2.26. The molecule has 0 unspecified atom stereocenters. The number of hydrogen-bond donors (Lipinski definition) is 2. The highest BCUT2D eigenvalue weighted by molar-refractivity contribution is 5.94. The SMILES string of the molecule is O=C(NCCC1=CCNCC1)c1ccc(OC(F)F)cc1. The van der Waals surface area contributed by atoms with Crippen molar-refractivity contribution in [1.29, 1.82) is 0 Å². The summed E-state index contributed by atoms with van der Waals surface area (Å²) in [6, 6.07) is 5.65. The summed E-state index contributed by atoms with van der Waals surface area (Å²) in [5.74, 6) is -0.172. The first-order valence-corrected chi connectivity index (χ1v) is 6.87. The predicted molar refractivity (Wildman–Crippen MR) is 75.6 cm³/mol. The third-order valence-corrected chi connectivity index (χ3v) is 3.23. The number of halogens is 2. The molecule has 1 aromatic rings. The number of alkyl halides is 2. The third-order valence-electron chi connectivity index (χ3n) is 3.23. The van der Waals surface area contributed by atoms with E-state index in [4.69, 9.17) is 0 Å². The van der Waals surface area contributed by atoms with E-state index < -0.39 is 6.61 Å². The molecule has 0 saturated carbocycles. The van der Waals surface area contributed by atoms with Gasteiger partial charge in [-0.2, -0.15) is 8.78 Å². The summed E-state index contributed by atoms with van der Waals surface area (Å²) in [5, 5.41) is 6.05. The fraction of sp³-hybridized carbons (Fsp3) is 0.400. The molecule has 114 valence electrons. The molecule has 6 heteroatoms. The zero-order valence-electron chi connectivity index (χ0n) is 11.6. The second-order valence-corrected chi connectivity index (χ2v) is 4.73. The second kappa shape index (κ2) is 7.73. The number of nitrogens with one attached hydrogen (secondary N) is 2. The van der Waals surface area contributed by atoms with Gasteiger partial charge < -0.3 is 15.4 Å². The highest BCUT2D eigenvalue weighted by Gasteiger charge is 2.08. The van der Waals surface area contributed by atoms with Gasteiger partial charge in [-0.3, -0.25) is 4.79 Å². The van der Waals surface area contributed by atoms with Crippen LogP contribution in [0.2, 0.25) is 0 Å². The largest absolute Gasteiger partial charge is 0.435 e. The normalized spacial score (nSPS) is 14.7. The highest BCUT2D eigenvalue weighted by atomic mass is 19.3. The number of carbonyl (C=O) groups is 1. The molecule has 0 bridgehead atoms. The standard InChI is InChI=1S/C15H18F2N2O2/c16-15(17)21-13-3-1-12(2-4-13)14(20)19-10-7-11-5-8-18-9-6-11/h1-5,15,18H,6-10H2,(H,19,20). The van der Waals surface area contributed by atoms with Crippen LogP contribution in [-0.2, 0) is 0 Å². The van der Waals surface area contributed by atoms with E-state index in [1.165, 1.54) is 29.8 Å². The second-order valence-electron chi connectivity index (χ2n) is 4.73. The topological polar surface area (TPSA) is 50.4 Å². The Labute approximate surface area is 122 Å². The summed E-state index contributed by atoms with van der Waals surface area (Å²) in [4.78, 5) is 11.9. The molecule has 1 aromatic carbocycles. The van der Waals surface area contributed by atoms with Gasteiger partial charge >= 0.3 is 6.61 Å². The Morgan fingerprint density at radius 3 is 2.71 bits per heavy atom. The van der Waals surface area contributed by atoms with E-state index in [9.17, 15) is 13.6 Å². The first-order chi connectivity index (χ1) is 10.1. The molecule has 21 heavy (non-hydrogen) atoms. The van der Waals surface area contributed by atoms with Crippen molar-refractivity contribution in [2.75, 3.05) is 19.6 Å². The van der Waals surface area contributed by atoms with E-state index in [0.29, 0.717) is 12.1 Å². The minimum Gasteiger partial charge on any atom is -0.435 e. The predicted octanol–water partition coefficient (Wildman–Crippen LogP) is 2.33. The number of rotatable bonds is 6. The molecule has 0 atom stereocenters. The number of ether oxygens (including phenoxy) is 1. The van der Waals surface area contributed by atoms with Crippen molar-refractivity contribution in [1.82, 2.24) is 10.6 Å². The Morgan fingerprint density at radius 1 is 1.33 bits per heavy atom. The van der Waals surface area contributed by atoms with Crippen LogP contribution in [-0.4, -0.2) is 32.2 Å². The van der Waals surface area contributed by atoms with Crippen LogP contribution in [0.5, 0.6) is 5.75 Å². The van der Waals surface area contributed by atoms with E-state index in [2.05, 4.69) is 21.4 Å². The van der Waals surface area contributed by atoms with Gasteiger partial charge in [0.1, 0.15) is 5.75 Å². The zero-order chi connectivity index (χ0) is 15.1. The zero-order valence-corrected chi connectivity index (χ0v) is 11.6. The van der Waals surface area contributed by atoms with Crippen molar-refractivity contribution in [2.24, 2.45) is 0 Å². The molecule has 4 nitrogen and oxygen atoms in total. The maximum absolute atomic E-state index is 12.0. The third kappa shape index (κ3) is 5.15. The molecule has 0 radical (unpaired) electrons. The molecule has 1 aliphatic rings. The molecule has 0 saturated heterocycles. The number of amides is 1. The molecule has 2 rings (SSSR count). The average Bonchev–Trinajstić information content (AvgIpc) is 2.48. The minimum absolute atomic E-state index is 0.0430. The number of benzene rings is 1. The monoisotopic (exact) mass is 296 g/mol.